The van der Waals surface area contributed by atoms with E-state index in [4.69, 9.17) is 0 Å². The summed E-state index contributed by atoms with van der Waals surface area (Å²) in [5.74, 6) is 0. The Morgan fingerprint density at radius 1 is 0.311 bits per heavy atom. The first-order chi connectivity index (χ1) is 30.3. The molecular formula is C59H38N2. The van der Waals surface area contributed by atoms with Crippen molar-refractivity contribution in [2.45, 2.75) is 5.41 Å². The molecule has 1 aromatic heterocycles. The Bertz CT molecular complexity index is 3470. The van der Waals surface area contributed by atoms with Crippen molar-refractivity contribution in [3.05, 3.63) is 253 Å². The average molecular weight is 775 g/mol. The monoisotopic (exact) mass is 774 g/mol. The smallest absolute Gasteiger partial charge is 0.0714 e. The van der Waals surface area contributed by atoms with Gasteiger partial charge in [-0.05, 0) is 127 Å². The maximum Gasteiger partial charge on any atom is 0.0714 e. The SMILES string of the molecule is c1ccc(N(c2ccc3c(c2)-c2cccc4ccc5c(c24)c2c-3cccc2n5-c2ccccc2)c2ccc3c(c2)C(c2ccccc2)(c2ccccc2)c2ccccc2-3)cc1. The highest BCUT2D eigenvalue weighted by Crippen LogP contribution is 2.58. The van der Waals surface area contributed by atoms with Gasteiger partial charge in [0.15, 0.2) is 0 Å². The number of fused-ring (bicyclic) bond motifs is 6. The van der Waals surface area contributed by atoms with Crippen LogP contribution in [0.3, 0.4) is 0 Å². The zero-order valence-corrected chi connectivity index (χ0v) is 33.3. The third-order valence-electron chi connectivity index (χ3n) is 13.4. The summed E-state index contributed by atoms with van der Waals surface area (Å²) in [6.45, 7) is 0. The lowest BCUT2D eigenvalue weighted by atomic mass is 9.67. The van der Waals surface area contributed by atoms with Crippen molar-refractivity contribution in [3.63, 3.8) is 0 Å². The van der Waals surface area contributed by atoms with Gasteiger partial charge < -0.3 is 9.47 Å². The molecule has 2 heteroatoms. The van der Waals surface area contributed by atoms with E-state index in [0.717, 1.165) is 17.1 Å². The largest absolute Gasteiger partial charge is 0.310 e. The topological polar surface area (TPSA) is 8.17 Å². The third-order valence-corrected chi connectivity index (χ3v) is 13.4. The van der Waals surface area contributed by atoms with E-state index in [9.17, 15) is 0 Å². The minimum Gasteiger partial charge on any atom is -0.310 e. The maximum atomic E-state index is 2.47. The molecular weight excluding hydrogens is 737 g/mol. The van der Waals surface area contributed by atoms with Crippen LogP contribution in [-0.4, -0.2) is 4.57 Å². The van der Waals surface area contributed by atoms with Crippen molar-refractivity contribution in [2.75, 3.05) is 4.90 Å². The van der Waals surface area contributed by atoms with Gasteiger partial charge in [-0.1, -0.05) is 170 Å². The molecule has 0 atom stereocenters. The Balaban J connectivity index is 1.07. The van der Waals surface area contributed by atoms with Crippen molar-refractivity contribution in [1.29, 1.82) is 0 Å². The molecule has 0 N–H and O–H groups in total. The molecule has 0 saturated heterocycles. The van der Waals surface area contributed by atoms with Gasteiger partial charge in [0.25, 0.3) is 0 Å². The molecule has 2 aliphatic carbocycles. The van der Waals surface area contributed by atoms with Crippen LogP contribution in [0.1, 0.15) is 22.3 Å². The predicted octanol–water partition coefficient (Wildman–Crippen LogP) is 15.4. The molecule has 0 spiro atoms. The highest BCUT2D eigenvalue weighted by atomic mass is 15.1. The summed E-state index contributed by atoms with van der Waals surface area (Å²) in [6.07, 6.45) is 0. The number of nitrogens with zero attached hydrogens (tertiary/aromatic N) is 2. The fourth-order valence-corrected chi connectivity index (χ4v) is 11.0. The molecule has 13 rings (SSSR count). The summed E-state index contributed by atoms with van der Waals surface area (Å²) >= 11 is 0. The summed E-state index contributed by atoms with van der Waals surface area (Å²) in [6, 6.07) is 85.4. The van der Waals surface area contributed by atoms with Crippen LogP contribution >= 0.6 is 0 Å². The molecule has 0 bridgehead atoms. The van der Waals surface area contributed by atoms with Gasteiger partial charge in [0.2, 0.25) is 0 Å². The molecule has 10 aromatic carbocycles. The van der Waals surface area contributed by atoms with E-state index in [-0.39, 0.29) is 0 Å². The van der Waals surface area contributed by atoms with E-state index in [1.807, 2.05) is 0 Å². The third kappa shape index (κ3) is 4.73. The molecule has 0 radical (unpaired) electrons. The van der Waals surface area contributed by atoms with Crippen LogP contribution in [0.4, 0.5) is 17.1 Å². The van der Waals surface area contributed by atoms with E-state index in [0.29, 0.717) is 0 Å². The first kappa shape index (κ1) is 34.0. The Labute approximate surface area is 354 Å². The number of benzene rings is 10. The lowest BCUT2D eigenvalue weighted by molar-refractivity contribution is 0.768. The van der Waals surface area contributed by atoms with Gasteiger partial charge in [-0.3, -0.25) is 0 Å². The number of hydrogen-bond acceptors (Lipinski definition) is 1. The van der Waals surface area contributed by atoms with Crippen LogP contribution in [-0.2, 0) is 5.41 Å². The van der Waals surface area contributed by atoms with Crippen LogP contribution in [0.25, 0.3) is 71.6 Å². The highest BCUT2D eigenvalue weighted by Gasteiger charge is 2.46. The van der Waals surface area contributed by atoms with E-state index >= 15 is 0 Å². The van der Waals surface area contributed by atoms with Gasteiger partial charge in [0.05, 0.1) is 16.4 Å². The molecule has 0 unspecified atom stereocenters. The normalized spacial score (nSPS) is 13.0. The van der Waals surface area contributed by atoms with Crippen molar-refractivity contribution >= 4 is 49.6 Å². The van der Waals surface area contributed by atoms with Crippen LogP contribution in [0.5, 0.6) is 0 Å². The van der Waals surface area contributed by atoms with E-state index in [1.54, 1.807) is 0 Å². The summed E-state index contributed by atoms with van der Waals surface area (Å²) in [4.78, 5) is 2.45. The quantitative estimate of drug-likeness (QED) is 0.163. The van der Waals surface area contributed by atoms with Gasteiger partial charge >= 0.3 is 0 Å². The lowest BCUT2D eigenvalue weighted by Crippen LogP contribution is -2.28. The summed E-state index contributed by atoms with van der Waals surface area (Å²) in [5, 5.41) is 5.18. The van der Waals surface area contributed by atoms with Gasteiger partial charge in [0, 0.05) is 33.5 Å². The molecule has 2 nitrogen and oxygen atoms in total. The Hall–Kier alpha value is -7.94. The second kappa shape index (κ2) is 13.0. The van der Waals surface area contributed by atoms with Crippen LogP contribution in [0, 0.1) is 0 Å². The Morgan fingerprint density at radius 2 is 0.869 bits per heavy atom. The maximum absolute atomic E-state index is 2.47. The van der Waals surface area contributed by atoms with Crippen LogP contribution < -0.4 is 4.90 Å². The minimum atomic E-state index is -0.500. The standard InChI is InChI=1S/C59H38N2/c1-5-18-40(19-6-1)59(41-20-7-2-8-21-41)52-29-14-13-26-47(52)48-35-33-45(38-53(48)59)60(42-22-9-3-10-23-42)44-32-34-46-49-28-16-30-54-57(49)58-55(61(54)43-24-11-4-12-25-43)36-31-39-17-15-27-50(56(39)58)51(46)37-44/h1-38H. The van der Waals surface area contributed by atoms with E-state index in [1.165, 1.54) is 93.9 Å². The average Bonchev–Trinajstić information content (AvgIpc) is 3.79. The zero-order valence-electron chi connectivity index (χ0n) is 33.3. The van der Waals surface area contributed by atoms with Crippen LogP contribution in [0.15, 0.2) is 231 Å². The van der Waals surface area contributed by atoms with Gasteiger partial charge in [-0.15, -0.1) is 0 Å². The van der Waals surface area contributed by atoms with Gasteiger partial charge in [-0.25, -0.2) is 0 Å². The fourth-order valence-electron chi connectivity index (χ4n) is 11.0. The Kier molecular flexibility index (Phi) is 7.26. The zero-order chi connectivity index (χ0) is 40.1. The lowest BCUT2D eigenvalue weighted by Gasteiger charge is -2.35. The number of hydrogen-bond donors (Lipinski definition) is 0. The second-order valence-electron chi connectivity index (χ2n) is 16.4. The first-order valence-corrected chi connectivity index (χ1v) is 21.2. The summed E-state index contributed by atoms with van der Waals surface area (Å²) in [7, 11) is 0. The minimum absolute atomic E-state index is 0.500. The second-order valence-corrected chi connectivity index (χ2v) is 16.4. The molecule has 0 aliphatic heterocycles. The van der Waals surface area contributed by atoms with Gasteiger partial charge in [0.1, 0.15) is 0 Å². The van der Waals surface area contributed by atoms with E-state index < -0.39 is 5.41 Å². The molecule has 61 heavy (non-hydrogen) atoms. The molecule has 284 valence electrons. The molecule has 2 aliphatic rings. The van der Waals surface area contributed by atoms with Crippen molar-refractivity contribution in [2.24, 2.45) is 0 Å². The Morgan fingerprint density at radius 3 is 1.61 bits per heavy atom. The molecule has 0 amide bonds. The summed E-state index contributed by atoms with van der Waals surface area (Å²) in [5.41, 5.74) is 19.2. The number of rotatable bonds is 6. The highest BCUT2D eigenvalue weighted by molar-refractivity contribution is 6.30. The van der Waals surface area contributed by atoms with E-state index in [2.05, 4.69) is 240 Å². The number of aromatic nitrogens is 1. The van der Waals surface area contributed by atoms with Crippen molar-refractivity contribution in [1.82, 2.24) is 4.57 Å². The first-order valence-electron chi connectivity index (χ1n) is 21.2. The molecule has 1 heterocycles. The van der Waals surface area contributed by atoms with Crippen molar-refractivity contribution < 1.29 is 0 Å². The van der Waals surface area contributed by atoms with Crippen LogP contribution in [0.2, 0.25) is 0 Å². The molecule has 0 fully saturated rings. The molecule has 11 aromatic rings. The number of para-hydroxylation sites is 2. The van der Waals surface area contributed by atoms with Gasteiger partial charge in [-0.2, -0.15) is 0 Å². The summed E-state index contributed by atoms with van der Waals surface area (Å²) < 4.78 is 2.44. The fraction of sp³-hybridized carbons (Fsp3) is 0.0169. The molecule has 0 saturated carbocycles. The number of anilines is 3. The predicted molar refractivity (Wildman–Crippen MR) is 255 cm³/mol. The van der Waals surface area contributed by atoms with Crippen molar-refractivity contribution in [3.8, 4) is 39.1 Å².